The van der Waals surface area contributed by atoms with Gasteiger partial charge in [0.05, 0.1) is 0 Å². The highest BCUT2D eigenvalue weighted by molar-refractivity contribution is 5.45. The Kier molecular flexibility index (Phi) is 1.09. The Morgan fingerprint density at radius 1 is 1.64 bits per heavy atom. The molecule has 0 saturated carbocycles. The Labute approximate surface area is 63.7 Å². The lowest BCUT2D eigenvalue weighted by atomic mass is 10.4. The molecule has 0 fully saturated rings. The minimum atomic E-state index is 0.591. The second kappa shape index (κ2) is 1.95. The van der Waals surface area contributed by atoms with Crippen LogP contribution < -0.4 is 5.73 Å². The number of fused-ring (bicyclic) bond motifs is 1. The Hall–Kier alpha value is -1.58. The van der Waals surface area contributed by atoms with Crippen molar-refractivity contribution in [2.24, 2.45) is 0 Å². The van der Waals surface area contributed by atoms with Crippen LogP contribution in [0, 0.1) is 13.1 Å². The summed E-state index contributed by atoms with van der Waals surface area (Å²) in [5.74, 6) is 0.591. The first-order valence-electron chi connectivity index (χ1n) is 3.26. The van der Waals surface area contributed by atoms with Gasteiger partial charge in [0, 0.05) is 17.8 Å². The number of anilines is 1. The fourth-order valence-electron chi connectivity index (χ4n) is 1.01. The first-order valence-corrected chi connectivity index (χ1v) is 3.26. The highest BCUT2D eigenvalue weighted by Gasteiger charge is 1.98. The van der Waals surface area contributed by atoms with Crippen LogP contribution in [0.3, 0.4) is 0 Å². The molecule has 2 heterocycles. The molecule has 0 amide bonds. The number of nitrogens with zero attached hydrogens (tertiary/aromatic N) is 3. The quantitative estimate of drug-likeness (QED) is 0.587. The van der Waals surface area contributed by atoms with E-state index in [1.165, 1.54) is 0 Å². The van der Waals surface area contributed by atoms with E-state index in [1.807, 2.05) is 6.92 Å². The zero-order chi connectivity index (χ0) is 7.84. The standard InChI is InChI=1S/C7H7N4/c1-5-4-6(8)11-7(10-5)2-3-9-11/h2,4H,8H2,1H3. The number of nitrogen functional groups attached to an aromatic ring is 1. The summed E-state index contributed by atoms with van der Waals surface area (Å²) in [6.07, 6.45) is 2.68. The molecular formula is C7H7N4. The molecule has 2 N–H and O–H groups in total. The van der Waals surface area contributed by atoms with Crippen LogP contribution >= 0.6 is 0 Å². The van der Waals surface area contributed by atoms with E-state index in [4.69, 9.17) is 5.73 Å². The number of rotatable bonds is 0. The van der Waals surface area contributed by atoms with Gasteiger partial charge in [-0.15, -0.1) is 0 Å². The van der Waals surface area contributed by atoms with Crippen LogP contribution in [0.25, 0.3) is 5.65 Å². The van der Waals surface area contributed by atoms with Gasteiger partial charge in [-0.2, -0.15) is 9.61 Å². The molecule has 0 aliphatic heterocycles. The van der Waals surface area contributed by atoms with E-state index in [1.54, 1.807) is 16.6 Å². The Morgan fingerprint density at radius 3 is 3.27 bits per heavy atom. The molecule has 0 aliphatic rings. The maximum Gasteiger partial charge on any atom is 0.158 e. The molecule has 1 radical (unpaired) electrons. The average molecular weight is 147 g/mol. The van der Waals surface area contributed by atoms with E-state index in [0.29, 0.717) is 5.82 Å². The molecule has 2 aromatic heterocycles. The highest BCUT2D eigenvalue weighted by atomic mass is 15.3. The van der Waals surface area contributed by atoms with Crippen molar-refractivity contribution >= 4 is 11.5 Å². The first kappa shape index (κ1) is 6.15. The summed E-state index contributed by atoms with van der Waals surface area (Å²) in [5.41, 5.74) is 7.27. The third kappa shape index (κ3) is 0.832. The van der Waals surface area contributed by atoms with Crippen molar-refractivity contribution in [3.63, 3.8) is 0 Å². The largest absolute Gasteiger partial charge is 0.384 e. The van der Waals surface area contributed by atoms with Crippen molar-refractivity contribution in [1.82, 2.24) is 14.6 Å². The fourth-order valence-corrected chi connectivity index (χ4v) is 1.01. The number of aromatic nitrogens is 3. The summed E-state index contributed by atoms with van der Waals surface area (Å²) in [6.45, 7) is 1.89. The highest BCUT2D eigenvalue weighted by Crippen LogP contribution is 2.06. The van der Waals surface area contributed by atoms with E-state index in [0.717, 1.165) is 11.3 Å². The van der Waals surface area contributed by atoms with E-state index in [9.17, 15) is 0 Å². The van der Waals surface area contributed by atoms with Crippen LogP contribution in [0.5, 0.6) is 0 Å². The molecule has 0 aromatic carbocycles. The number of aryl methyl sites for hydroxylation is 1. The smallest absolute Gasteiger partial charge is 0.158 e. The molecule has 0 unspecified atom stereocenters. The van der Waals surface area contributed by atoms with Crippen molar-refractivity contribution in [3.05, 3.63) is 24.0 Å². The van der Waals surface area contributed by atoms with Gasteiger partial charge in [0.1, 0.15) is 12.0 Å². The minimum absolute atomic E-state index is 0.591. The van der Waals surface area contributed by atoms with Gasteiger partial charge in [-0.05, 0) is 6.92 Å². The Bertz CT molecular complexity index is 390. The van der Waals surface area contributed by atoms with Gasteiger partial charge in [0.2, 0.25) is 0 Å². The number of nitrogens with two attached hydrogens (primary N) is 1. The maximum atomic E-state index is 5.64. The lowest BCUT2D eigenvalue weighted by Gasteiger charge is -1.98. The van der Waals surface area contributed by atoms with E-state index < -0.39 is 0 Å². The van der Waals surface area contributed by atoms with Gasteiger partial charge in [0.25, 0.3) is 0 Å². The molecule has 2 aromatic rings. The summed E-state index contributed by atoms with van der Waals surface area (Å²) < 4.78 is 1.55. The summed E-state index contributed by atoms with van der Waals surface area (Å²) in [4.78, 5) is 4.19. The summed E-state index contributed by atoms with van der Waals surface area (Å²) in [6, 6.07) is 3.47. The normalized spacial score (nSPS) is 10.6. The zero-order valence-corrected chi connectivity index (χ0v) is 6.07. The lowest BCUT2D eigenvalue weighted by molar-refractivity contribution is 0.939. The zero-order valence-electron chi connectivity index (χ0n) is 6.07. The van der Waals surface area contributed by atoms with Crippen LogP contribution in [0.1, 0.15) is 5.69 Å². The third-order valence-corrected chi connectivity index (χ3v) is 1.46. The van der Waals surface area contributed by atoms with Gasteiger partial charge < -0.3 is 5.73 Å². The Balaban J connectivity index is 2.91. The SMILES string of the molecule is Cc1cc(N)n2n[c]cc2n1. The molecule has 0 saturated heterocycles. The monoisotopic (exact) mass is 147 g/mol. The predicted molar refractivity (Wildman–Crippen MR) is 41.0 cm³/mol. The molecule has 55 valence electrons. The van der Waals surface area contributed by atoms with Crippen LogP contribution in [0.15, 0.2) is 12.1 Å². The van der Waals surface area contributed by atoms with Gasteiger partial charge in [-0.1, -0.05) is 0 Å². The molecule has 0 spiro atoms. The van der Waals surface area contributed by atoms with Crippen molar-refractivity contribution in [2.45, 2.75) is 6.92 Å². The molecule has 4 heteroatoms. The molecule has 4 nitrogen and oxygen atoms in total. The topological polar surface area (TPSA) is 56.2 Å². The summed E-state index contributed by atoms with van der Waals surface area (Å²) in [5, 5.41) is 3.86. The summed E-state index contributed by atoms with van der Waals surface area (Å²) in [7, 11) is 0. The van der Waals surface area contributed by atoms with Crippen molar-refractivity contribution < 1.29 is 0 Å². The van der Waals surface area contributed by atoms with Gasteiger partial charge in [-0.25, -0.2) is 4.98 Å². The molecule has 0 bridgehead atoms. The van der Waals surface area contributed by atoms with E-state index in [-0.39, 0.29) is 0 Å². The fraction of sp³-hybridized carbons (Fsp3) is 0.143. The van der Waals surface area contributed by atoms with Crippen LogP contribution in [0.2, 0.25) is 0 Å². The minimum Gasteiger partial charge on any atom is -0.384 e. The number of hydrogen-bond acceptors (Lipinski definition) is 3. The number of hydrogen-bond donors (Lipinski definition) is 1. The molecule has 0 aliphatic carbocycles. The van der Waals surface area contributed by atoms with Crippen molar-refractivity contribution in [2.75, 3.05) is 5.73 Å². The molecular weight excluding hydrogens is 140 g/mol. The van der Waals surface area contributed by atoms with Crippen LogP contribution in [0.4, 0.5) is 5.82 Å². The van der Waals surface area contributed by atoms with E-state index >= 15 is 0 Å². The Morgan fingerprint density at radius 2 is 2.45 bits per heavy atom. The maximum absolute atomic E-state index is 5.64. The van der Waals surface area contributed by atoms with Gasteiger partial charge in [-0.3, -0.25) is 0 Å². The van der Waals surface area contributed by atoms with Crippen molar-refractivity contribution in [1.29, 1.82) is 0 Å². The van der Waals surface area contributed by atoms with Crippen LogP contribution in [-0.2, 0) is 0 Å². The van der Waals surface area contributed by atoms with Gasteiger partial charge >= 0.3 is 0 Å². The van der Waals surface area contributed by atoms with Crippen molar-refractivity contribution in [3.8, 4) is 0 Å². The predicted octanol–water partition coefficient (Wildman–Crippen LogP) is 0.420. The third-order valence-electron chi connectivity index (χ3n) is 1.46. The van der Waals surface area contributed by atoms with E-state index in [2.05, 4.69) is 16.3 Å². The molecule has 0 atom stereocenters. The second-order valence-electron chi connectivity index (χ2n) is 2.37. The summed E-state index contributed by atoms with van der Waals surface area (Å²) >= 11 is 0. The molecule has 2 rings (SSSR count). The van der Waals surface area contributed by atoms with Gasteiger partial charge in [0.15, 0.2) is 5.65 Å². The van der Waals surface area contributed by atoms with Crippen LogP contribution in [-0.4, -0.2) is 14.6 Å². The first-order chi connectivity index (χ1) is 5.27. The second-order valence-corrected chi connectivity index (χ2v) is 2.37. The molecule has 11 heavy (non-hydrogen) atoms. The lowest BCUT2D eigenvalue weighted by Crippen LogP contribution is -2.00. The average Bonchev–Trinajstić information content (AvgIpc) is 2.34.